The second kappa shape index (κ2) is 6.85. The molecule has 4 aromatic rings. The van der Waals surface area contributed by atoms with Crippen molar-refractivity contribution in [3.63, 3.8) is 0 Å². The van der Waals surface area contributed by atoms with Crippen LogP contribution >= 0.6 is 0 Å². The van der Waals surface area contributed by atoms with Gasteiger partial charge in [0.15, 0.2) is 11.5 Å². The highest BCUT2D eigenvalue weighted by atomic mass is 16.5. The number of imidazole rings is 1. The maximum absolute atomic E-state index is 9.34. The molecule has 2 heterocycles. The fourth-order valence-electron chi connectivity index (χ4n) is 2.76. The maximum atomic E-state index is 9.34. The maximum Gasteiger partial charge on any atom is 0.155 e. The van der Waals surface area contributed by atoms with Gasteiger partial charge >= 0.3 is 0 Å². The Balaban J connectivity index is 1.69. The van der Waals surface area contributed by atoms with Crippen molar-refractivity contribution in [1.82, 2.24) is 14.6 Å². The summed E-state index contributed by atoms with van der Waals surface area (Å²) in [6.45, 7) is 0.00539. The molecule has 0 atom stereocenters. The Morgan fingerprint density at radius 3 is 2.69 bits per heavy atom. The topological polar surface area (TPSA) is 71.7 Å². The van der Waals surface area contributed by atoms with Crippen LogP contribution in [0.1, 0.15) is 5.56 Å². The Morgan fingerprint density at radius 2 is 1.92 bits per heavy atom. The lowest BCUT2D eigenvalue weighted by Crippen LogP contribution is -2.00. The van der Waals surface area contributed by atoms with Gasteiger partial charge < -0.3 is 15.2 Å². The lowest BCUT2D eigenvalue weighted by molar-refractivity contribution is 0.282. The molecule has 0 bridgehead atoms. The summed E-state index contributed by atoms with van der Waals surface area (Å²) in [5.41, 5.74) is 4.28. The minimum absolute atomic E-state index is 0.00539. The summed E-state index contributed by atoms with van der Waals surface area (Å²) in [5.74, 6) is 1.57. The standard InChI is InChI=1S/C20H18N4O2/c1-26-17-7-5-16(6-8-17)22-20-12-21-19-10-9-18(23-24(19)20)15-4-2-3-14(11-15)13-25/h2-12,22,25H,13H2,1H3. The number of nitrogens with one attached hydrogen (secondary N) is 1. The number of ether oxygens (including phenoxy) is 1. The Hall–Kier alpha value is -3.38. The van der Waals surface area contributed by atoms with Gasteiger partial charge in [-0.05, 0) is 48.0 Å². The third-order valence-electron chi connectivity index (χ3n) is 4.13. The zero-order chi connectivity index (χ0) is 17.9. The summed E-state index contributed by atoms with van der Waals surface area (Å²) in [5, 5.41) is 17.4. The van der Waals surface area contributed by atoms with E-state index < -0.39 is 0 Å². The molecule has 130 valence electrons. The van der Waals surface area contributed by atoms with Crippen LogP contribution in [-0.4, -0.2) is 26.8 Å². The molecule has 0 radical (unpaired) electrons. The van der Waals surface area contributed by atoms with Crippen molar-refractivity contribution in [2.45, 2.75) is 6.61 Å². The molecule has 0 aliphatic carbocycles. The average molecular weight is 346 g/mol. The van der Waals surface area contributed by atoms with Crippen molar-refractivity contribution < 1.29 is 9.84 Å². The molecule has 0 aliphatic rings. The predicted octanol–water partition coefficient (Wildman–Crippen LogP) is 3.64. The van der Waals surface area contributed by atoms with Crippen molar-refractivity contribution in [1.29, 1.82) is 0 Å². The summed E-state index contributed by atoms with van der Waals surface area (Å²) in [6.07, 6.45) is 1.75. The number of anilines is 2. The first-order valence-corrected chi connectivity index (χ1v) is 8.23. The number of aliphatic hydroxyl groups is 1. The quantitative estimate of drug-likeness (QED) is 0.577. The van der Waals surface area contributed by atoms with Crippen molar-refractivity contribution >= 4 is 17.2 Å². The monoisotopic (exact) mass is 346 g/mol. The van der Waals surface area contributed by atoms with E-state index in [1.54, 1.807) is 17.8 Å². The van der Waals surface area contributed by atoms with Gasteiger partial charge in [-0.1, -0.05) is 18.2 Å². The third kappa shape index (κ3) is 3.10. The van der Waals surface area contributed by atoms with Gasteiger partial charge in [0.1, 0.15) is 5.75 Å². The molecule has 2 N–H and O–H groups in total. The molecule has 0 saturated heterocycles. The lowest BCUT2D eigenvalue weighted by Gasteiger charge is -2.08. The highest BCUT2D eigenvalue weighted by molar-refractivity contribution is 5.64. The molecule has 0 saturated carbocycles. The fraction of sp³-hybridized carbons (Fsp3) is 0.100. The fourth-order valence-corrected chi connectivity index (χ4v) is 2.76. The number of nitrogens with zero attached hydrogens (tertiary/aromatic N) is 3. The molecular formula is C20H18N4O2. The van der Waals surface area contributed by atoms with E-state index in [1.165, 1.54) is 0 Å². The Bertz CT molecular complexity index is 1040. The van der Waals surface area contributed by atoms with Crippen molar-refractivity contribution in [3.05, 3.63) is 72.4 Å². The molecule has 6 nitrogen and oxygen atoms in total. The first-order valence-electron chi connectivity index (χ1n) is 8.23. The zero-order valence-electron chi connectivity index (χ0n) is 14.3. The normalized spacial score (nSPS) is 10.8. The van der Waals surface area contributed by atoms with E-state index in [9.17, 15) is 5.11 Å². The number of aromatic nitrogens is 3. The van der Waals surface area contributed by atoms with E-state index in [1.807, 2.05) is 60.7 Å². The third-order valence-corrected chi connectivity index (χ3v) is 4.13. The Kier molecular flexibility index (Phi) is 4.25. The molecule has 26 heavy (non-hydrogen) atoms. The van der Waals surface area contributed by atoms with E-state index in [4.69, 9.17) is 9.84 Å². The molecule has 0 unspecified atom stereocenters. The number of hydrogen-bond donors (Lipinski definition) is 2. The van der Waals surface area contributed by atoms with Crippen molar-refractivity contribution in [3.8, 4) is 17.0 Å². The lowest BCUT2D eigenvalue weighted by atomic mass is 10.1. The van der Waals surface area contributed by atoms with Crippen molar-refractivity contribution in [2.24, 2.45) is 0 Å². The van der Waals surface area contributed by atoms with Crippen LogP contribution in [0.3, 0.4) is 0 Å². The summed E-state index contributed by atoms with van der Waals surface area (Å²) >= 11 is 0. The first-order chi connectivity index (χ1) is 12.8. The summed E-state index contributed by atoms with van der Waals surface area (Å²) < 4.78 is 6.95. The van der Waals surface area contributed by atoms with Crippen molar-refractivity contribution in [2.75, 3.05) is 12.4 Å². The number of aliphatic hydroxyl groups excluding tert-OH is 1. The van der Waals surface area contributed by atoms with Gasteiger partial charge in [0.25, 0.3) is 0 Å². The molecule has 0 amide bonds. The number of rotatable bonds is 5. The van der Waals surface area contributed by atoms with Gasteiger partial charge in [0.05, 0.1) is 25.6 Å². The van der Waals surface area contributed by atoms with Gasteiger partial charge in [-0.25, -0.2) is 4.98 Å². The zero-order valence-corrected chi connectivity index (χ0v) is 14.3. The van der Waals surface area contributed by atoms with Crippen LogP contribution in [0.15, 0.2) is 66.9 Å². The molecule has 2 aromatic carbocycles. The van der Waals surface area contributed by atoms with Gasteiger partial charge in [-0.15, -0.1) is 0 Å². The van der Waals surface area contributed by atoms with Gasteiger partial charge in [0, 0.05) is 11.3 Å². The second-order valence-electron chi connectivity index (χ2n) is 5.84. The van der Waals surface area contributed by atoms with Gasteiger partial charge in [-0.3, -0.25) is 0 Å². The number of fused-ring (bicyclic) bond motifs is 1. The molecule has 0 fully saturated rings. The summed E-state index contributed by atoms with van der Waals surface area (Å²) in [6, 6.07) is 19.2. The molecule has 0 spiro atoms. The van der Waals surface area contributed by atoms with Crippen LogP contribution in [0.4, 0.5) is 11.5 Å². The minimum atomic E-state index is 0.00539. The van der Waals surface area contributed by atoms with Gasteiger partial charge in [-0.2, -0.15) is 9.61 Å². The van der Waals surface area contributed by atoms with Crippen LogP contribution in [0.2, 0.25) is 0 Å². The van der Waals surface area contributed by atoms with Crippen LogP contribution in [-0.2, 0) is 6.61 Å². The Morgan fingerprint density at radius 1 is 1.08 bits per heavy atom. The molecular weight excluding hydrogens is 328 g/mol. The predicted molar refractivity (Wildman–Crippen MR) is 101 cm³/mol. The van der Waals surface area contributed by atoms with Crippen LogP contribution in [0.25, 0.3) is 16.9 Å². The molecule has 2 aromatic heterocycles. The largest absolute Gasteiger partial charge is 0.497 e. The molecule has 0 aliphatic heterocycles. The van der Waals surface area contributed by atoms with Crippen LogP contribution < -0.4 is 10.1 Å². The summed E-state index contributed by atoms with van der Waals surface area (Å²) in [4.78, 5) is 4.39. The van der Waals surface area contributed by atoms with E-state index in [0.29, 0.717) is 0 Å². The van der Waals surface area contributed by atoms with Crippen LogP contribution in [0.5, 0.6) is 5.75 Å². The SMILES string of the molecule is COc1ccc(Nc2cnc3ccc(-c4cccc(CO)c4)nn23)cc1. The average Bonchev–Trinajstić information content (AvgIpc) is 3.10. The van der Waals surface area contributed by atoms with E-state index in [2.05, 4.69) is 10.3 Å². The highest BCUT2D eigenvalue weighted by Gasteiger charge is 2.08. The minimum Gasteiger partial charge on any atom is -0.497 e. The highest BCUT2D eigenvalue weighted by Crippen LogP contribution is 2.23. The molecule has 6 heteroatoms. The second-order valence-corrected chi connectivity index (χ2v) is 5.84. The first kappa shape index (κ1) is 16.1. The van der Waals surface area contributed by atoms with Gasteiger partial charge in [0.2, 0.25) is 0 Å². The van der Waals surface area contributed by atoms with E-state index in [0.717, 1.165) is 39.7 Å². The summed E-state index contributed by atoms with van der Waals surface area (Å²) in [7, 11) is 1.64. The van der Waals surface area contributed by atoms with E-state index >= 15 is 0 Å². The number of hydrogen-bond acceptors (Lipinski definition) is 5. The number of benzene rings is 2. The number of methoxy groups -OCH3 is 1. The Labute approximate surface area is 150 Å². The smallest absolute Gasteiger partial charge is 0.155 e. The van der Waals surface area contributed by atoms with E-state index in [-0.39, 0.29) is 6.61 Å². The molecule has 4 rings (SSSR count). The van der Waals surface area contributed by atoms with Crippen LogP contribution in [0, 0.1) is 0 Å².